The second kappa shape index (κ2) is 8.39. The van der Waals surface area contributed by atoms with Crippen LogP contribution in [0.15, 0.2) is 36.8 Å². The summed E-state index contributed by atoms with van der Waals surface area (Å²) in [7, 11) is 3.23. The van der Waals surface area contributed by atoms with Gasteiger partial charge in [0.05, 0.1) is 37.4 Å². The third-order valence-corrected chi connectivity index (χ3v) is 6.59. The fourth-order valence-electron chi connectivity index (χ4n) is 4.75. The topological polar surface area (TPSA) is 96.3 Å². The summed E-state index contributed by atoms with van der Waals surface area (Å²) in [6.45, 7) is 0. The first-order valence-electron chi connectivity index (χ1n) is 10.8. The highest BCUT2D eigenvalue weighted by Crippen LogP contribution is 2.41. The molecule has 2 aliphatic rings. The van der Waals surface area contributed by atoms with Crippen molar-refractivity contribution in [3.05, 3.63) is 42.6 Å². The maximum absolute atomic E-state index is 14.9. The van der Waals surface area contributed by atoms with Gasteiger partial charge in [-0.25, -0.2) is 18.2 Å². The SMILES string of the molecule is COc1cc(-c2cc(O)c(-c3cnc(N(C)[C@H]4C[C@@H]5CC(F)(F)[C@H](C4)N5)cn3)cc2F)cnn1. The van der Waals surface area contributed by atoms with E-state index in [0.717, 1.165) is 0 Å². The van der Waals surface area contributed by atoms with Crippen molar-refractivity contribution in [2.45, 2.75) is 43.3 Å². The van der Waals surface area contributed by atoms with Gasteiger partial charge in [-0.3, -0.25) is 4.98 Å². The van der Waals surface area contributed by atoms with Gasteiger partial charge in [0.25, 0.3) is 5.92 Å². The molecule has 2 aliphatic heterocycles. The van der Waals surface area contributed by atoms with E-state index in [-0.39, 0.29) is 47.0 Å². The lowest BCUT2D eigenvalue weighted by atomic mass is 9.98. The zero-order chi connectivity index (χ0) is 24.0. The predicted molar refractivity (Wildman–Crippen MR) is 118 cm³/mol. The zero-order valence-electron chi connectivity index (χ0n) is 18.5. The van der Waals surface area contributed by atoms with Crippen molar-refractivity contribution in [3.8, 4) is 34.0 Å². The third kappa shape index (κ3) is 4.00. The molecule has 11 heteroatoms. The van der Waals surface area contributed by atoms with Crippen molar-refractivity contribution in [3.63, 3.8) is 0 Å². The number of phenols is 1. The van der Waals surface area contributed by atoms with Crippen LogP contribution in [0.2, 0.25) is 0 Å². The number of nitrogens with one attached hydrogen (secondary N) is 1. The summed E-state index contributed by atoms with van der Waals surface area (Å²) in [6.07, 6.45) is 5.06. The van der Waals surface area contributed by atoms with Crippen LogP contribution in [0, 0.1) is 5.82 Å². The van der Waals surface area contributed by atoms with E-state index in [9.17, 15) is 18.3 Å². The maximum Gasteiger partial charge on any atom is 0.264 e. The number of nitrogens with zero attached hydrogens (tertiary/aromatic N) is 5. The normalized spacial score (nSPS) is 23.0. The Morgan fingerprint density at radius 3 is 2.65 bits per heavy atom. The predicted octanol–water partition coefficient (Wildman–Crippen LogP) is 3.42. The average Bonchev–Trinajstić information content (AvgIpc) is 3.05. The largest absolute Gasteiger partial charge is 0.507 e. The first kappa shape index (κ1) is 22.3. The summed E-state index contributed by atoms with van der Waals surface area (Å²) >= 11 is 0. The number of alkyl halides is 2. The minimum atomic E-state index is -2.69. The zero-order valence-corrected chi connectivity index (χ0v) is 18.5. The van der Waals surface area contributed by atoms with Crippen LogP contribution in [-0.4, -0.2) is 63.5 Å². The smallest absolute Gasteiger partial charge is 0.264 e. The molecule has 0 radical (unpaired) electrons. The number of aromatic nitrogens is 4. The van der Waals surface area contributed by atoms with E-state index in [4.69, 9.17) is 4.74 Å². The lowest BCUT2D eigenvalue weighted by Crippen LogP contribution is -2.49. The number of anilines is 1. The van der Waals surface area contributed by atoms with Crippen LogP contribution in [0.3, 0.4) is 0 Å². The van der Waals surface area contributed by atoms with Crippen LogP contribution in [0.1, 0.15) is 19.3 Å². The molecule has 2 aromatic heterocycles. The van der Waals surface area contributed by atoms with Gasteiger partial charge in [0.1, 0.15) is 17.4 Å². The van der Waals surface area contributed by atoms with Gasteiger partial charge in [0, 0.05) is 48.3 Å². The van der Waals surface area contributed by atoms with E-state index in [1.54, 1.807) is 7.05 Å². The molecular weight excluding hydrogens is 449 g/mol. The van der Waals surface area contributed by atoms with Gasteiger partial charge in [0.15, 0.2) is 0 Å². The van der Waals surface area contributed by atoms with Crippen LogP contribution in [0.5, 0.6) is 11.6 Å². The van der Waals surface area contributed by atoms with Crippen molar-refractivity contribution in [2.75, 3.05) is 19.1 Å². The summed E-state index contributed by atoms with van der Waals surface area (Å²) in [6, 6.07) is 2.83. The van der Waals surface area contributed by atoms with Crippen molar-refractivity contribution >= 4 is 5.82 Å². The van der Waals surface area contributed by atoms with Crippen molar-refractivity contribution in [2.24, 2.45) is 0 Å². The molecule has 2 N–H and O–H groups in total. The minimum Gasteiger partial charge on any atom is -0.507 e. The Bertz CT molecular complexity index is 1210. The molecule has 0 amide bonds. The van der Waals surface area contributed by atoms with Crippen LogP contribution < -0.4 is 15.0 Å². The minimum absolute atomic E-state index is 0.0964. The molecule has 0 aliphatic carbocycles. The number of hydrogen-bond acceptors (Lipinski definition) is 8. The summed E-state index contributed by atoms with van der Waals surface area (Å²) in [5, 5.41) is 21.1. The number of aromatic hydroxyl groups is 1. The molecule has 3 aromatic rings. The highest BCUT2D eigenvalue weighted by Gasteiger charge is 2.53. The lowest BCUT2D eigenvalue weighted by Gasteiger charge is -2.36. The number of halogens is 3. The van der Waals surface area contributed by atoms with E-state index in [0.29, 0.717) is 24.2 Å². The molecule has 1 aromatic carbocycles. The number of piperidine rings is 1. The van der Waals surface area contributed by atoms with Gasteiger partial charge in [-0.1, -0.05) is 0 Å². The number of hydrogen-bond donors (Lipinski definition) is 2. The summed E-state index contributed by atoms with van der Waals surface area (Å²) in [5.74, 6) is -2.72. The van der Waals surface area contributed by atoms with Crippen molar-refractivity contribution in [1.82, 2.24) is 25.5 Å². The van der Waals surface area contributed by atoms with Gasteiger partial charge >= 0.3 is 0 Å². The molecule has 2 fully saturated rings. The Balaban J connectivity index is 1.37. The average molecular weight is 472 g/mol. The van der Waals surface area contributed by atoms with Gasteiger partial charge in [-0.15, -0.1) is 5.10 Å². The van der Waals surface area contributed by atoms with Crippen LogP contribution in [0.25, 0.3) is 22.4 Å². The number of ether oxygens (including phenoxy) is 1. The van der Waals surface area contributed by atoms with Gasteiger partial charge < -0.3 is 20.1 Å². The molecule has 2 saturated heterocycles. The molecule has 8 nitrogen and oxygen atoms in total. The van der Waals surface area contributed by atoms with Crippen LogP contribution in [-0.2, 0) is 0 Å². The van der Waals surface area contributed by atoms with E-state index >= 15 is 0 Å². The molecule has 178 valence electrons. The first-order valence-corrected chi connectivity index (χ1v) is 10.8. The van der Waals surface area contributed by atoms with E-state index in [2.05, 4.69) is 25.5 Å². The second-order valence-corrected chi connectivity index (χ2v) is 8.71. The summed E-state index contributed by atoms with van der Waals surface area (Å²) < 4.78 is 48.0. The Morgan fingerprint density at radius 1 is 1.12 bits per heavy atom. The quantitative estimate of drug-likeness (QED) is 0.583. The number of methoxy groups -OCH3 is 1. The molecule has 3 atom stereocenters. The molecule has 4 heterocycles. The highest BCUT2D eigenvalue weighted by molar-refractivity contribution is 5.74. The number of fused-ring (bicyclic) bond motifs is 2. The fourth-order valence-corrected chi connectivity index (χ4v) is 4.75. The first-order chi connectivity index (χ1) is 16.2. The maximum atomic E-state index is 14.9. The van der Waals surface area contributed by atoms with Crippen molar-refractivity contribution in [1.29, 1.82) is 0 Å². The fraction of sp³-hybridized carbons (Fsp3) is 0.391. The van der Waals surface area contributed by atoms with E-state index < -0.39 is 17.8 Å². The third-order valence-electron chi connectivity index (χ3n) is 6.59. The molecule has 34 heavy (non-hydrogen) atoms. The molecule has 0 unspecified atom stereocenters. The van der Waals surface area contributed by atoms with E-state index in [1.807, 2.05) is 4.90 Å². The molecule has 2 bridgehead atoms. The second-order valence-electron chi connectivity index (χ2n) is 8.71. The molecule has 5 rings (SSSR count). The molecule has 0 spiro atoms. The Kier molecular flexibility index (Phi) is 5.51. The Hall–Kier alpha value is -3.47. The number of rotatable bonds is 5. The molecule has 0 saturated carbocycles. The summed E-state index contributed by atoms with van der Waals surface area (Å²) in [4.78, 5) is 10.6. The van der Waals surface area contributed by atoms with Crippen LogP contribution in [0.4, 0.5) is 19.0 Å². The monoisotopic (exact) mass is 472 g/mol. The summed E-state index contributed by atoms with van der Waals surface area (Å²) in [5.41, 5.74) is 0.991. The Morgan fingerprint density at radius 2 is 1.94 bits per heavy atom. The number of benzene rings is 1. The lowest BCUT2D eigenvalue weighted by molar-refractivity contribution is -0.0128. The Labute approximate surface area is 193 Å². The van der Waals surface area contributed by atoms with Crippen LogP contribution >= 0.6 is 0 Å². The standard InChI is InChI=1S/C23H23F3N6O2/c1-32(14-4-13-8-23(25,26)20(5-14)30-13)21-11-27-18(10-28-21)16-6-17(24)15(7-19(16)33)12-3-22(34-2)31-29-9-12/h3,6-7,9-11,13-14,20,30,33H,4-5,8H2,1-2H3/t13-,14+,20+/m1/s1. The van der Waals surface area contributed by atoms with Gasteiger partial charge in [-0.05, 0) is 25.0 Å². The van der Waals surface area contributed by atoms with Crippen molar-refractivity contribution < 1.29 is 23.0 Å². The highest BCUT2D eigenvalue weighted by atomic mass is 19.3. The number of phenolic OH excluding ortho intramolecular Hbond substituents is 1. The van der Waals surface area contributed by atoms with E-state index in [1.165, 1.54) is 43.9 Å². The van der Waals surface area contributed by atoms with Gasteiger partial charge in [-0.2, -0.15) is 5.10 Å². The van der Waals surface area contributed by atoms with Gasteiger partial charge in [0.2, 0.25) is 5.88 Å². The molecular formula is C23H23F3N6O2.